The molecule has 0 amide bonds. The molecule has 0 unspecified atom stereocenters. The van der Waals surface area contributed by atoms with E-state index >= 15 is 0 Å². The zero-order chi connectivity index (χ0) is 20.1. The number of hydrogen-bond acceptors (Lipinski definition) is 5. The molecule has 2 aromatic carbocycles. The summed E-state index contributed by atoms with van der Waals surface area (Å²) in [7, 11) is 1.58. The minimum absolute atomic E-state index is 0.109. The van der Waals surface area contributed by atoms with Gasteiger partial charge in [-0.05, 0) is 31.2 Å². The van der Waals surface area contributed by atoms with E-state index in [1.54, 1.807) is 26.1 Å². The normalized spacial score (nSPS) is 11.1. The monoisotopic (exact) mass is 371 g/mol. The van der Waals surface area contributed by atoms with E-state index in [4.69, 9.17) is 10.5 Å². The largest absolute Gasteiger partial charge is 0.462 e. The molecule has 0 saturated carbocycles. The molecule has 0 aromatic heterocycles. The topological polar surface area (TPSA) is 93.8 Å². The number of rotatable bonds is 5. The van der Waals surface area contributed by atoms with Crippen molar-refractivity contribution < 1.29 is 18.7 Å². The van der Waals surface area contributed by atoms with Crippen LogP contribution in [0.15, 0.2) is 71.4 Å². The summed E-state index contributed by atoms with van der Waals surface area (Å²) in [6.45, 7) is 2.03. The summed E-state index contributed by atoms with van der Waals surface area (Å²) in [6, 6.07) is 15.2. The van der Waals surface area contributed by atoms with Gasteiger partial charge in [-0.25, -0.2) is 9.18 Å². The van der Waals surface area contributed by atoms with Gasteiger partial charge in [-0.1, -0.05) is 30.3 Å². The number of hydrogen-bond donors (Lipinski definition) is 2. The van der Waals surface area contributed by atoms with Crippen molar-refractivity contribution in [1.29, 1.82) is 0 Å². The van der Waals surface area contributed by atoms with Crippen LogP contribution >= 0.6 is 0 Å². The van der Waals surface area contributed by atoms with Gasteiger partial charge >= 0.3 is 5.97 Å². The number of nitrogens with two attached hydrogens (primary N) is 1. The summed E-state index contributed by atoms with van der Waals surface area (Å²) in [5.41, 5.74) is 6.59. The highest BCUT2D eigenvalue weighted by atomic mass is 19.1. The molecule has 0 aliphatic carbocycles. The van der Waals surface area contributed by atoms with Gasteiger partial charge < -0.3 is 15.8 Å². The minimum atomic E-state index is -0.496. The SMILES string of the molecule is CCOC(=O)/C(=C/N)C(=NC)Nc1ccccc1.O=Cc1ccccc1F. The smallest absolute Gasteiger partial charge is 0.343 e. The molecular formula is C20H22FN3O3. The summed E-state index contributed by atoms with van der Waals surface area (Å²) in [5, 5.41) is 3.02. The maximum atomic E-state index is 12.4. The lowest BCUT2D eigenvalue weighted by atomic mass is 10.2. The molecule has 142 valence electrons. The van der Waals surface area contributed by atoms with Crippen LogP contribution < -0.4 is 11.1 Å². The number of aliphatic imine (C=N–C) groups is 1. The van der Waals surface area contributed by atoms with Crippen molar-refractivity contribution in [2.75, 3.05) is 19.0 Å². The van der Waals surface area contributed by atoms with Crippen molar-refractivity contribution in [2.45, 2.75) is 6.92 Å². The summed E-state index contributed by atoms with van der Waals surface area (Å²) in [4.78, 5) is 25.7. The van der Waals surface area contributed by atoms with Gasteiger partial charge in [-0.2, -0.15) is 0 Å². The van der Waals surface area contributed by atoms with Gasteiger partial charge in [-0.15, -0.1) is 0 Å². The van der Waals surface area contributed by atoms with Crippen molar-refractivity contribution in [1.82, 2.24) is 0 Å². The van der Waals surface area contributed by atoms with Gasteiger partial charge in [0.05, 0.1) is 12.2 Å². The molecule has 0 heterocycles. The first-order valence-electron chi connectivity index (χ1n) is 8.15. The molecule has 3 N–H and O–H groups in total. The number of benzene rings is 2. The second kappa shape index (κ2) is 12.0. The van der Waals surface area contributed by atoms with Crippen molar-refractivity contribution in [3.8, 4) is 0 Å². The Bertz CT molecular complexity index is 805. The second-order valence-electron chi connectivity index (χ2n) is 5.00. The first-order chi connectivity index (χ1) is 13.1. The number of aldehydes is 1. The van der Waals surface area contributed by atoms with Crippen molar-refractivity contribution in [3.63, 3.8) is 0 Å². The molecule has 27 heavy (non-hydrogen) atoms. The summed E-state index contributed by atoms with van der Waals surface area (Å²) >= 11 is 0. The fraction of sp³-hybridized carbons (Fsp3) is 0.150. The average Bonchev–Trinajstić information content (AvgIpc) is 2.69. The summed E-state index contributed by atoms with van der Waals surface area (Å²) < 4.78 is 17.3. The van der Waals surface area contributed by atoms with Crippen LogP contribution in [-0.2, 0) is 9.53 Å². The first kappa shape index (κ1) is 21.6. The molecule has 0 fully saturated rings. The van der Waals surface area contributed by atoms with Gasteiger partial charge in [-0.3, -0.25) is 9.79 Å². The van der Waals surface area contributed by atoms with Crippen LogP contribution in [0.4, 0.5) is 10.1 Å². The third-order valence-electron chi connectivity index (χ3n) is 3.21. The van der Waals surface area contributed by atoms with Crippen LogP contribution in [0.2, 0.25) is 0 Å². The van der Waals surface area contributed by atoms with Gasteiger partial charge in [0.25, 0.3) is 0 Å². The Morgan fingerprint density at radius 1 is 1.19 bits per heavy atom. The predicted octanol–water partition coefficient (Wildman–Crippen LogP) is 3.17. The Labute approximate surface area is 157 Å². The van der Waals surface area contributed by atoms with Crippen LogP contribution in [0.3, 0.4) is 0 Å². The third-order valence-corrected chi connectivity index (χ3v) is 3.21. The lowest BCUT2D eigenvalue weighted by Gasteiger charge is -2.11. The molecule has 0 spiro atoms. The fourth-order valence-electron chi connectivity index (χ4n) is 1.93. The second-order valence-corrected chi connectivity index (χ2v) is 5.00. The Balaban J connectivity index is 0.000000337. The lowest BCUT2D eigenvalue weighted by Crippen LogP contribution is -2.23. The van der Waals surface area contributed by atoms with Gasteiger partial charge in [0.2, 0.25) is 0 Å². The maximum absolute atomic E-state index is 12.4. The van der Waals surface area contributed by atoms with E-state index in [0.29, 0.717) is 18.7 Å². The predicted molar refractivity (Wildman–Crippen MR) is 104 cm³/mol. The third kappa shape index (κ3) is 7.11. The van der Waals surface area contributed by atoms with Crippen LogP contribution in [-0.4, -0.2) is 31.7 Å². The lowest BCUT2D eigenvalue weighted by molar-refractivity contribution is -0.137. The summed E-state index contributed by atoms with van der Waals surface area (Å²) in [5.74, 6) is -0.585. The number of nitrogens with zero attached hydrogens (tertiary/aromatic N) is 1. The molecule has 0 atom stereocenters. The quantitative estimate of drug-likeness (QED) is 0.277. The molecule has 0 saturated heterocycles. The van der Waals surface area contributed by atoms with Gasteiger partial charge in [0.15, 0.2) is 6.29 Å². The summed E-state index contributed by atoms with van der Waals surface area (Å²) in [6.07, 6.45) is 1.69. The van der Waals surface area contributed by atoms with Gasteiger partial charge in [0, 0.05) is 18.9 Å². The number of ether oxygens (including phenoxy) is 1. The van der Waals surface area contributed by atoms with E-state index in [2.05, 4.69) is 10.3 Å². The fourth-order valence-corrected chi connectivity index (χ4v) is 1.93. The Morgan fingerprint density at radius 3 is 2.30 bits per heavy atom. The van der Waals surface area contributed by atoms with E-state index in [0.717, 1.165) is 5.69 Å². The average molecular weight is 371 g/mol. The zero-order valence-electron chi connectivity index (χ0n) is 15.2. The van der Waals surface area contributed by atoms with Gasteiger partial charge in [0.1, 0.15) is 17.2 Å². The highest BCUT2D eigenvalue weighted by Gasteiger charge is 2.16. The van der Waals surface area contributed by atoms with E-state index in [-0.39, 0.29) is 11.1 Å². The Kier molecular flexibility index (Phi) is 9.56. The van der Waals surface area contributed by atoms with Crippen LogP contribution in [0.5, 0.6) is 0 Å². The van der Waals surface area contributed by atoms with E-state index in [1.807, 2.05) is 30.3 Å². The minimum Gasteiger partial charge on any atom is -0.462 e. The highest BCUT2D eigenvalue weighted by Crippen LogP contribution is 2.09. The molecule has 0 aliphatic rings. The van der Waals surface area contributed by atoms with Crippen molar-refractivity contribution in [2.24, 2.45) is 10.7 Å². The number of carbonyl (C=O) groups excluding carboxylic acids is 2. The van der Waals surface area contributed by atoms with Crippen molar-refractivity contribution in [3.05, 3.63) is 77.8 Å². The molecule has 0 aliphatic heterocycles. The molecule has 2 aromatic rings. The first-order valence-corrected chi connectivity index (χ1v) is 8.15. The van der Waals surface area contributed by atoms with Crippen LogP contribution in [0.1, 0.15) is 17.3 Å². The number of nitrogens with one attached hydrogen (secondary N) is 1. The Hall–Kier alpha value is -3.48. The number of halogens is 1. The van der Waals surface area contributed by atoms with Crippen LogP contribution in [0, 0.1) is 5.82 Å². The Morgan fingerprint density at radius 2 is 1.81 bits per heavy atom. The van der Waals surface area contributed by atoms with Crippen LogP contribution in [0.25, 0.3) is 0 Å². The maximum Gasteiger partial charge on any atom is 0.343 e. The number of esters is 1. The highest BCUT2D eigenvalue weighted by molar-refractivity contribution is 6.23. The van der Waals surface area contributed by atoms with E-state index < -0.39 is 11.8 Å². The zero-order valence-corrected chi connectivity index (χ0v) is 15.2. The number of anilines is 1. The molecule has 7 heteroatoms. The molecule has 2 rings (SSSR count). The molecule has 0 radical (unpaired) electrons. The van der Waals surface area contributed by atoms with Crippen molar-refractivity contribution >= 4 is 23.8 Å². The molecule has 6 nitrogen and oxygen atoms in total. The number of carbonyl (C=O) groups is 2. The standard InChI is InChI=1S/C13H17N3O2.C7H5FO/c1-3-18-13(17)11(9-14)12(15-2)16-10-7-5-4-6-8-10;8-7-4-2-1-3-6(7)5-9/h4-9H,3,14H2,1-2H3,(H,15,16);1-5H/b11-9+;. The number of amidine groups is 1. The molecular weight excluding hydrogens is 349 g/mol. The molecule has 0 bridgehead atoms. The number of para-hydroxylation sites is 1. The van der Waals surface area contributed by atoms with E-state index in [1.165, 1.54) is 18.3 Å². The van der Waals surface area contributed by atoms with E-state index in [9.17, 15) is 14.0 Å².